The van der Waals surface area contributed by atoms with Crippen molar-refractivity contribution in [2.45, 2.75) is 50.1 Å². The number of rotatable bonds is 2. The van der Waals surface area contributed by atoms with Gasteiger partial charge in [-0.15, -0.1) is 0 Å². The van der Waals surface area contributed by atoms with Crippen molar-refractivity contribution in [1.82, 2.24) is 5.32 Å². The van der Waals surface area contributed by atoms with Crippen molar-refractivity contribution in [3.8, 4) is 0 Å². The summed E-state index contributed by atoms with van der Waals surface area (Å²) >= 11 is 0. The summed E-state index contributed by atoms with van der Waals surface area (Å²) in [5.74, 6) is -0.112. The molecule has 2 heteroatoms. The average Bonchev–Trinajstić information content (AvgIpc) is 2.54. The molecular weight excluding hydrogens is 201 g/mol. The van der Waals surface area contributed by atoms with Crippen LogP contribution in [0.4, 0.5) is 4.39 Å². The van der Waals surface area contributed by atoms with Crippen molar-refractivity contribution < 1.29 is 4.39 Å². The molecule has 2 aliphatic heterocycles. The Hall–Kier alpha value is -0.890. The maximum atomic E-state index is 13.1. The van der Waals surface area contributed by atoms with Crippen LogP contribution in [0.3, 0.4) is 0 Å². The molecule has 2 fully saturated rings. The van der Waals surface area contributed by atoms with Crippen LogP contribution >= 0.6 is 0 Å². The Kier molecular flexibility index (Phi) is 2.47. The Morgan fingerprint density at radius 2 is 2.25 bits per heavy atom. The predicted octanol–water partition coefficient (Wildman–Crippen LogP) is 3.04. The van der Waals surface area contributed by atoms with Gasteiger partial charge in [-0.05, 0) is 49.8 Å². The van der Waals surface area contributed by atoms with E-state index in [2.05, 4.69) is 5.32 Å². The Labute approximate surface area is 96.1 Å². The third-order valence-corrected chi connectivity index (χ3v) is 4.12. The molecule has 2 bridgehead atoms. The van der Waals surface area contributed by atoms with E-state index < -0.39 is 0 Å². The van der Waals surface area contributed by atoms with Gasteiger partial charge in [-0.25, -0.2) is 4.39 Å². The number of benzene rings is 1. The van der Waals surface area contributed by atoms with Crippen molar-refractivity contribution in [1.29, 1.82) is 0 Å². The third-order valence-electron chi connectivity index (χ3n) is 4.12. The second-order valence-corrected chi connectivity index (χ2v) is 5.36. The van der Waals surface area contributed by atoms with Crippen LogP contribution in [0.1, 0.15) is 37.7 Å². The highest BCUT2D eigenvalue weighted by atomic mass is 19.1. The first-order valence-electron chi connectivity index (χ1n) is 6.28. The lowest BCUT2D eigenvalue weighted by Gasteiger charge is -2.35. The lowest BCUT2D eigenvalue weighted by molar-refractivity contribution is 0.273. The van der Waals surface area contributed by atoms with E-state index in [-0.39, 0.29) is 11.4 Å². The van der Waals surface area contributed by atoms with Crippen molar-refractivity contribution in [3.63, 3.8) is 0 Å². The molecule has 1 N–H and O–H groups in total. The molecule has 2 heterocycles. The van der Waals surface area contributed by atoms with E-state index >= 15 is 0 Å². The standard InChI is InChI=1S/C14H18FN/c15-12-4-1-3-11(9-12)10-14-7-2-5-13(16-14)6-8-14/h1,3-4,9,13,16H,2,5-8,10H2. The molecule has 1 aromatic carbocycles. The highest BCUT2D eigenvalue weighted by molar-refractivity contribution is 5.20. The first-order chi connectivity index (χ1) is 7.76. The molecule has 0 radical (unpaired) electrons. The molecule has 0 saturated carbocycles. The first kappa shape index (κ1) is 10.3. The van der Waals surface area contributed by atoms with Gasteiger partial charge in [0.1, 0.15) is 5.82 Å². The van der Waals surface area contributed by atoms with Gasteiger partial charge in [0.2, 0.25) is 0 Å². The highest BCUT2D eigenvalue weighted by Gasteiger charge is 2.40. The normalized spacial score (nSPS) is 32.9. The van der Waals surface area contributed by atoms with Gasteiger partial charge in [0.05, 0.1) is 0 Å². The summed E-state index contributed by atoms with van der Waals surface area (Å²) in [6, 6.07) is 7.78. The summed E-state index contributed by atoms with van der Waals surface area (Å²) in [7, 11) is 0. The molecule has 16 heavy (non-hydrogen) atoms. The van der Waals surface area contributed by atoms with Crippen molar-refractivity contribution >= 4 is 0 Å². The fourth-order valence-corrected chi connectivity index (χ4v) is 3.39. The van der Waals surface area contributed by atoms with Crippen molar-refractivity contribution in [2.24, 2.45) is 0 Å². The molecule has 1 aromatic rings. The first-order valence-corrected chi connectivity index (χ1v) is 6.28. The van der Waals surface area contributed by atoms with E-state index in [9.17, 15) is 4.39 Å². The summed E-state index contributed by atoms with van der Waals surface area (Å²) in [4.78, 5) is 0. The molecule has 2 atom stereocenters. The van der Waals surface area contributed by atoms with E-state index in [0.717, 1.165) is 18.0 Å². The number of fused-ring (bicyclic) bond motifs is 2. The number of hydrogen-bond donors (Lipinski definition) is 1. The number of nitrogens with one attached hydrogen (secondary N) is 1. The van der Waals surface area contributed by atoms with E-state index in [4.69, 9.17) is 0 Å². The zero-order valence-corrected chi connectivity index (χ0v) is 9.51. The maximum absolute atomic E-state index is 13.1. The molecule has 2 unspecified atom stereocenters. The number of halogens is 1. The largest absolute Gasteiger partial charge is 0.308 e. The second kappa shape index (κ2) is 3.85. The van der Waals surface area contributed by atoms with Gasteiger partial charge in [0.15, 0.2) is 0 Å². The van der Waals surface area contributed by atoms with Crippen LogP contribution in [0.15, 0.2) is 24.3 Å². The molecule has 3 rings (SSSR count). The van der Waals surface area contributed by atoms with Gasteiger partial charge >= 0.3 is 0 Å². The van der Waals surface area contributed by atoms with Gasteiger partial charge in [-0.1, -0.05) is 18.6 Å². The highest BCUT2D eigenvalue weighted by Crippen LogP contribution is 2.37. The molecular formula is C14H18FN. The van der Waals surface area contributed by atoms with E-state index in [1.807, 2.05) is 12.1 Å². The van der Waals surface area contributed by atoms with E-state index in [1.54, 1.807) is 6.07 Å². The van der Waals surface area contributed by atoms with Gasteiger partial charge in [-0.2, -0.15) is 0 Å². The molecule has 2 saturated heterocycles. The molecule has 86 valence electrons. The van der Waals surface area contributed by atoms with Crippen LogP contribution in [0, 0.1) is 5.82 Å². The summed E-state index contributed by atoms with van der Waals surface area (Å²) in [5, 5.41) is 3.75. The summed E-state index contributed by atoms with van der Waals surface area (Å²) in [6.45, 7) is 0. The minimum atomic E-state index is -0.112. The quantitative estimate of drug-likeness (QED) is 0.806. The SMILES string of the molecule is Fc1cccc(CC23CCCC(CC2)N3)c1. The smallest absolute Gasteiger partial charge is 0.123 e. The lowest BCUT2D eigenvalue weighted by Crippen LogP contribution is -2.48. The molecule has 0 spiro atoms. The van der Waals surface area contributed by atoms with E-state index in [0.29, 0.717) is 0 Å². The number of piperidine rings is 1. The zero-order valence-electron chi connectivity index (χ0n) is 9.51. The fourth-order valence-electron chi connectivity index (χ4n) is 3.39. The van der Waals surface area contributed by atoms with Crippen LogP contribution < -0.4 is 5.32 Å². The minimum absolute atomic E-state index is 0.112. The summed E-state index contributed by atoms with van der Waals surface area (Å²) < 4.78 is 13.1. The summed E-state index contributed by atoms with van der Waals surface area (Å²) in [6.07, 6.45) is 7.45. The molecule has 0 amide bonds. The Morgan fingerprint density at radius 3 is 3.12 bits per heavy atom. The minimum Gasteiger partial charge on any atom is -0.308 e. The van der Waals surface area contributed by atoms with Gasteiger partial charge in [0.25, 0.3) is 0 Å². The molecule has 1 nitrogen and oxygen atoms in total. The Bertz CT molecular complexity index is 386. The average molecular weight is 219 g/mol. The van der Waals surface area contributed by atoms with Crippen LogP contribution in [0.25, 0.3) is 0 Å². The second-order valence-electron chi connectivity index (χ2n) is 5.36. The summed E-state index contributed by atoms with van der Waals surface area (Å²) in [5.41, 5.74) is 1.41. The van der Waals surface area contributed by atoms with Crippen LogP contribution in [0.5, 0.6) is 0 Å². The van der Waals surface area contributed by atoms with Crippen LogP contribution in [0.2, 0.25) is 0 Å². The monoisotopic (exact) mass is 219 g/mol. The Morgan fingerprint density at radius 1 is 1.31 bits per heavy atom. The fraction of sp³-hybridized carbons (Fsp3) is 0.571. The Balaban J connectivity index is 1.79. The van der Waals surface area contributed by atoms with Crippen LogP contribution in [-0.4, -0.2) is 11.6 Å². The maximum Gasteiger partial charge on any atom is 0.123 e. The van der Waals surface area contributed by atoms with Gasteiger partial charge < -0.3 is 5.32 Å². The molecule has 2 aliphatic rings. The van der Waals surface area contributed by atoms with Gasteiger partial charge in [-0.3, -0.25) is 0 Å². The van der Waals surface area contributed by atoms with E-state index in [1.165, 1.54) is 38.2 Å². The molecule has 0 aliphatic carbocycles. The van der Waals surface area contributed by atoms with Crippen molar-refractivity contribution in [3.05, 3.63) is 35.6 Å². The number of hydrogen-bond acceptors (Lipinski definition) is 1. The van der Waals surface area contributed by atoms with Gasteiger partial charge in [0, 0.05) is 11.6 Å². The third kappa shape index (κ3) is 1.86. The van der Waals surface area contributed by atoms with Crippen molar-refractivity contribution in [2.75, 3.05) is 0 Å². The topological polar surface area (TPSA) is 12.0 Å². The predicted molar refractivity (Wildman–Crippen MR) is 62.8 cm³/mol. The van der Waals surface area contributed by atoms with Crippen LogP contribution in [-0.2, 0) is 6.42 Å². The lowest BCUT2D eigenvalue weighted by atomic mass is 9.84. The molecule has 0 aromatic heterocycles. The zero-order chi connectivity index (χ0) is 11.0.